The molecule has 0 aliphatic heterocycles. The fourth-order valence-electron chi connectivity index (χ4n) is 5.49. The van der Waals surface area contributed by atoms with E-state index in [9.17, 15) is 18.3 Å². The number of carbonyl (C=O) groups is 1. The highest BCUT2D eigenvalue weighted by Gasteiger charge is 2.26. The van der Waals surface area contributed by atoms with E-state index < -0.39 is 16.1 Å². The minimum absolute atomic E-state index is 0.0741. The molecule has 0 radical (unpaired) electrons. The second kappa shape index (κ2) is 10.8. The summed E-state index contributed by atoms with van der Waals surface area (Å²) in [6.45, 7) is 5.58. The van der Waals surface area contributed by atoms with Crippen LogP contribution in [-0.2, 0) is 16.4 Å². The fraction of sp³-hybridized carbons (Fsp3) is 0.367. The Bertz CT molecular complexity index is 1600. The lowest BCUT2D eigenvalue weighted by Gasteiger charge is -2.25. The van der Waals surface area contributed by atoms with Gasteiger partial charge in [0.15, 0.2) is 6.09 Å². The smallest absolute Gasteiger partial charge is 0.265 e. The Balaban J connectivity index is 1.43. The van der Waals surface area contributed by atoms with E-state index in [-0.39, 0.29) is 17.9 Å². The molecule has 8 nitrogen and oxygen atoms in total. The van der Waals surface area contributed by atoms with Crippen molar-refractivity contribution in [1.29, 1.82) is 0 Å². The average Bonchev–Trinajstić information content (AvgIpc) is 3.29. The van der Waals surface area contributed by atoms with Crippen molar-refractivity contribution in [3.63, 3.8) is 0 Å². The maximum absolute atomic E-state index is 13.0. The monoisotopic (exact) mass is 545 g/mol. The van der Waals surface area contributed by atoms with E-state index in [0.717, 1.165) is 57.9 Å². The van der Waals surface area contributed by atoms with Crippen molar-refractivity contribution in [1.82, 2.24) is 18.8 Å². The molecule has 1 saturated carbocycles. The molecule has 0 saturated heterocycles. The summed E-state index contributed by atoms with van der Waals surface area (Å²) in [5.74, 6) is 1.44. The number of carboxylic acid groups (broad SMARTS) is 1. The van der Waals surface area contributed by atoms with Gasteiger partial charge in [0.05, 0.1) is 16.1 Å². The van der Waals surface area contributed by atoms with Crippen molar-refractivity contribution >= 4 is 27.1 Å². The zero-order valence-electron chi connectivity index (χ0n) is 22.6. The van der Waals surface area contributed by atoms with Crippen LogP contribution in [0.4, 0.5) is 4.79 Å². The zero-order chi connectivity index (χ0) is 27.7. The molecule has 4 aromatic rings. The Labute approximate surface area is 229 Å². The molecule has 0 N–H and O–H groups in total. The third kappa shape index (κ3) is 5.41. The Morgan fingerprint density at radius 2 is 1.64 bits per heavy atom. The van der Waals surface area contributed by atoms with Gasteiger partial charge in [0, 0.05) is 23.8 Å². The first-order valence-corrected chi connectivity index (χ1v) is 14.9. The van der Waals surface area contributed by atoms with E-state index in [1.807, 2.05) is 45.0 Å². The van der Waals surface area contributed by atoms with Crippen LogP contribution >= 0.6 is 0 Å². The second-order valence-electron chi connectivity index (χ2n) is 10.4. The molecule has 1 amide bonds. The Hall–Kier alpha value is -3.72. The first-order valence-electron chi connectivity index (χ1n) is 13.4. The summed E-state index contributed by atoms with van der Waals surface area (Å²) in [5.41, 5.74) is 6.46. The molecule has 2 aromatic carbocycles. The topological polar surface area (TPSA) is 108 Å². The minimum atomic E-state index is -4.23. The van der Waals surface area contributed by atoms with Crippen molar-refractivity contribution in [2.24, 2.45) is 0 Å². The van der Waals surface area contributed by atoms with E-state index >= 15 is 0 Å². The third-order valence-corrected chi connectivity index (χ3v) is 9.33. The number of amides is 1. The van der Waals surface area contributed by atoms with Gasteiger partial charge in [-0.2, -0.15) is 0 Å². The number of nitrogens with zero attached hydrogens (tertiary/aromatic N) is 4. The molecule has 0 bridgehead atoms. The highest BCUT2D eigenvalue weighted by molar-refractivity contribution is 7.89. The van der Waals surface area contributed by atoms with Gasteiger partial charge in [-0.05, 0) is 75.9 Å². The summed E-state index contributed by atoms with van der Waals surface area (Å²) in [6, 6.07) is 16.0. The number of hydrogen-bond acceptors (Lipinski definition) is 6. The summed E-state index contributed by atoms with van der Waals surface area (Å²) in [6.07, 6.45) is 4.36. The molecule has 1 fully saturated rings. The van der Waals surface area contributed by atoms with Gasteiger partial charge in [0.1, 0.15) is 11.3 Å². The molecule has 0 spiro atoms. The van der Waals surface area contributed by atoms with E-state index in [1.165, 1.54) is 31.4 Å². The molecule has 5 rings (SSSR count). The Kier molecular flexibility index (Phi) is 7.44. The molecule has 2 heterocycles. The van der Waals surface area contributed by atoms with Crippen LogP contribution in [0.25, 0.3) is 16.7 Å². The third-order valence-electron chi connectivity index (χ3n) is 7.55. The van der Waals surface area contributed by atoms with E-state index in [2.05, 4.69) is 15.6 Å². The van der Waals surface area contributed by atoms with Crippen molar-refractivity contribution < 1.29 is 18.3 Å². The van der Waals surface area contributed by atoms with Crippen LogP contribution in [0, 0.1) is 20.8 Å². The quantitative estimate of drug-likeness (QED) is 0.324. The van der Waals surface area contributed by atoms with Gasteiger partial charge in [0.25, 0.3) is 10.0 Å². The van der Waals surface area contributed by atoms with Gasteiger partial charge >= 0.3 is 0 Å². The lowest BCUT2D eigenvalue weighted by Crippen LogP contribution is -2.45. The minimum Gasteiger partial charge on any atom is -0.529 e. The Morgan fingerprint density at radius 3 is 2.28 bits per heavy atom. The average molecular weight is 546 g/mol. The maximum Gasteiger partial charge on any atom is 0.265 e. The largest absolute Gasteiger partial charge is 0.529 e. The lowest BCUT2D eigenvalue weighted by molar-refractivity contribution is -0.259. The SMILES string of the molecule is Cc1ccc(S(=O)(=O)N(CCc2ccc(-n3c(C4CCCCC4)nc4c(C)nc(C)cc43)cc2)C(=O)[O-])cc1. The number of aryl methyl sites for hydroxylation is 3. The summed E-state index contributed by atoms with van der Waals surface area (Å²) < 4.78 is 28.6. The van der Waals surface area contributed by atoms with Crippen LogP contribution in [0.2, 0.25) is 0 Å². The first kappa shape index (κ1) is 26.9. The van der Waals surface area contributed by atoms with Gasteiger partial charge in [-0.25, -0.2) is 13.4 Å². The number of aromatic nitrogens is 3. The number of rotatable bonds is 7. The standard InChI is InChI=1S/C30H34N4O4S/c1-20-9-15-26(16-10-20)39(37,38)33(30(35)36)18-17-23-11-13-25(14-12-23)34-27-19-21(2)31-22(3)28(27)32-29(34)24-7-5-4-6-8-24/h9-16,19,24H,4-8,17-18H2,1-3H3,(H,35,36)/p-1. The summed E-state index contributed by atoms with van der Waals surface area (Å²) in [7, 11) is -4.23. The number of carbonyl (C=O) groups excluding carboxylic acids is 1. The maximum atomic E-state index is 13.0. The van der Waals surface area contributed by atoms with Gasteiger partial charge in [-0.3, -0.25) is 13.9 Å². The summed E-state index contributed by atoms with van der Waals surface area (Å²) >= 11 is 0. The van der Waals surface area contributed by atoms with Gasteiger partial charge in [-0.15, -0.1) is 0 Å². The number of imidazole rings is 1. The van der Waals surface area contributed by atoms with Crippen molar-refractivity contribution in [3.05, 3.63) is 82.9 Å². The normalized spacial score (nSPS) is 14.5. The zero-order valence-corrected chi connectivity index (χ0v) is 23.4. The van der Waals surface area contributed by atoms with Crippen LogP contribution < -0.4 is 5.11 Å². The number of benzene rings is 2. The number of sulfonamides is 1. The lowest BCUT2D eigenvalue weighted by atomic mass is 9.88. The molecule has 39 heavy (non-hydrogen) atoms. The predicted octanol–water partition coefficient (Wildman–Crippen LogP) is 4.97. The summed E-state index contributed by atoms with van der Waals surface area (Å²) in [4.78, 5) is 21.4. The highest BCUT2D eigenvalue weighted by atomic mass is 32.2. The number of pyridine rings is 1. The number of hydrogen-bond donors (Lipinski definition) is 0. The van der Waals surface area contributed by atoms with E-state index in [4.69, 9.17) is 4.98 Å². The van der Waals surface area contributed by atoms with Crippen LogP contribution in [-0.4, -0.2) is 39.9 Å². The van der Waals surface area contributed by atoms with Crippen LogP contribution in [0.5, 0.6) is 0 Å². The molecule has 204 valence electrons. The van der Waals surface area contributed by atoms with Crippen molar-refractivity contribution in [2.45, 2.75) is 70.1 Å². The predicted molar refractivity (Wildman–Crippen MR) is 148 cm³/mol. The van der Waals surface area contributed by atoms with E-state index in [1.54, 1.807) is 12.1 Å². The van der Waals surface area contributed by atoms with Crippen molar-refractivity contribution in [2.75, 3.05) is 6.54 Å². The van der Waals surface area contributed by atoms with Gasteiger partial charge in [-0.1, -0.05) is 49.1 Å². The van der Waals surface area contributed by atoms with Crippen LogP contribution in [0.15, 0.2) is 59.5 Å². The molecule has 0 atom stereocenters. The van der Waals surface area contributed by atoms with Crippen LogP contribution in [0.3, 0.4) is 0 Å². The number of fused-ring (bicyclic) bond motifs is 1. The highest BCUT2D eigenvalue weighted by Crippen LogP contribution is 2.36. The molecule has 1 aliphatic carbocycles. The Morgan fingerprint density at radius 1 is 0.974 bits per heavy atom. The molecule has 1 aliphatic rings. The van der Waals surface area contributed by atoms with Crippen molar-refractivity contribution in [3.8, 4) is 5.69 Å². The van der Waals surface area contributed by atoms with Gasteiger partial charge in [0.2, 0.25) is 0 Å². The molecule has 2 aromatic heterocycles. The van der Waals surface area contributed by atoms with Gasteiger partial charge < -0.3 is 9.90 Å². The molecular formula is C30H33N4O4S-. The van der Waals surface area contributed by atoms with Crippen LogP contribution in [0.1, 0.15) is 66.4 Å². The fourth-order valence-corrected chi connectivity index (χ4v) is 6.76. The molecule has 9 heteroatoms. The second-order valence-corrected chi connectivity index (χ2v) is 12.3. The molecular weight excluding hydrogens is 512 g/mol. The first-order chi connectivity index (χ1) is 18.6. The van der Waals surface area contributed by atoms with E-state index in [0.29, 0.717) is 10.2 Å². The molecule has 0 unspecified atom stereocenters. The summed E-state index contributed by atoms with van der Waals surface area (Å²) in [5, 5.41) is 11.8.